The minimum absolute atomic E-state index is 0.176. The average Bonchev–Trinajstić information content (AvgIpc) is 2.93. The Labute approximate surface area is 126 Å². The molecule has 1 unspecified atom stereocenters. The van der Waals surface area contributed by atoms with Crippen molar-refractivity contribution in [3.63, 3.8) is 0 Å². The lowest BCUT2D eigenvalue weighted by Gasteiger charge is -2.22. The molecular formula is C14H23N3O3S. The van der Waals surface area contributed by atoms with Gasteiger partial charge in [0.25, 0.3) is 0 Å². The Morgan fingerprint density at radius 3 is 2.90 bits per heavy atom. The minimum Gasteiger partial charge on any atom is -0.495 e. The molecule has 1 aliphatic heterocycles. The van der Waals surface area contributed by atoms with Crippen LogP contribution in [-0.4, -0.2) is 46.1 Å². The SMILES string of the molecule is CCN1CCCC1CNS(=O)(=O)c1ccc(N)c(OC)c1. The summed E-state index contributed by atoms with van der Waals surface area (Å²) in [4.78, 5) is 2.47. The number of likely N-dealkylation sites (N-methyl/N-ethyl adjacent to an activating group) is 1. The molecule has 21 heavy (non-hydrogen) atoms. The van der Waals surface area contributed by atoms with Crippen LogP contribution in [0.4, 0.5) is 5.69 Å². The van der Waals surface area contributed by atoms with Crippen LogP contribution in [0.5, 0.6) is 5.75 Å². The first-order valence-electron chi connectivity index (χ1n) is 7.15. The Kier molecular flexibility index (Phi) is 5.08. The van der Waals surface area contributed by atoms with E-state index in [1.807, 2.05) is 0 Å². The molecule has 0 spiro atoms. The molecule has 118 valence electrons. The molecule has 0 aromatic heterocycles. The van der Waals surface area contributed by atoms with Crippen LogP contribution < -0.4 is 15.2 Å². The Balaban J connectivity index is 2.08. The van der Waals surface area contributed by atoms with Gasteiger partial charge in [0.15, 0.2) is 0 Å². The van der Waals surface area contributed by atoms with Gasteiger partial charge in [-0.1, -0.05) is 6.92 Å². The maximum absolute atomic E-state index is 12.3. The highest BCUT2D eigenvalue weighted by atomic mass is 32.2. The van der Waals surface area contributed by atoms with Crippen LogP contribution >= 0.6 is 0 Å². The number of nitrogens with zero attached hydrogens (tertiary/aromatic N) is 1. The Hall–Kier alpha value is -1.31. The van der Waals surface area contributed by atoms with Crippen molar-refractivity contribution >= 4 is 15.7 Å². The Bertz CT molecular complexity index is 589. The number of benzene rings is 1. The van der Waals surface area contributed by atoms with Gasteiger partial charge in [-0.3, -0.25) is 4.90 Å². The van der Waals surface area contributed by atoms with Gasteiger partial charge in [0.1, 0.15) is 5.75 Å². The van der Waals surface area contributed by atoms with Crippen LogP contribution in [-0.2, 0) is 10.0 Å². The molecule has 1 aliphatic rings. The lowest BCUT2D eigenvalue weighted by molar-refractivity contribution is 0.268. The van der Waals surface area contributed by atoms with Gasteiger partial charge in [-0.2, -0.15) is 0 Å². The molecule has 0 amide bonds. The van der Waals surface area contributed by atoms with E-state index >= 15 is 0 Å². The van der Waals surface area contributed by atoms with E-state index in [9.17, 15) is 8.42 Å². The zero-order chi connectivity index (χ0) is 15.5. The molecule has 1 fully saturated rings. The van der Waals surface area contributed by atoms with E-state index < -0.39 is 10.0 Å². The maximum Gasteiger partial charge on any atom is 0.240 e. The fourth-order valence-electron chi connectivity index (χ4n) is 2.69. The molecule has 1 heterocycles. The largest absolute Gasteiger partial charge is 0.495 e. The van der Waals surface area contributed by atoms with Crippen LogP contribution in [0.1, 0.15) is 19.8 Å². The molecule has 1 saturated heterocycles. The van der Waals surface area contributed by atoms with Crippen molar-refractivity contribution in [1.82, 2.24) is 9.62 Å². The fourth-order valence-corrected chi connectivity index (χ4v) is 3.78. The predicted octanol–water partition coefficient (Wildman–Crippen LogP) is 1.04. The monoisotopic (exact) mass is 313 g/mol. The molecule has 0 saturated carbocycles. The zero-order valence-electron chi connectivity index (χ0n) is 12.5. The van der Waals surface area contributed by atoms with Gasteiger partial charge in [0.2, 0.25) is 10.0 Å². The van der Waals surface area contributed by atoms with Crippen LogP contribution in [0.15, 0.2) is 23.1 Å². The topological polar surface area (TPSA) is 84.7 Å². The van der Waals surface area contributed by atoms with Gasteiger partial charge in [-0.25, -0.2) is 13.1 Å². The summed E-state index contributed by atoms with van der Waals surface area (Å²) < 4.78 is 32.4. The first kappa shape index (κ1) is 16.1. The van der Waals surface area contributed by atoms with E-state index in [1.54, 1.807) is 6.07 Å². The normalized spacial score (nSPS) is 19.8. The van der Waals surface area contributed by atoms with Crippen molar-refractivity contribution in [3.05, 3.63) is 18.2 Å². The van der Waals surface area contributed by atoms with Gasteiger partial charge >= 0.3 is 0 Å². The standard InChI is InChI=1S/C14H23N3O3S/c1-3-17-8-4-5-11(17)10-16-21(18,19)12-6-7-13(15)14(9-12)20-2/h6-7,9,11,16H,3-5,8,10,15H2,1-2H3. The Morgan fingerprint density at radius 1 is 1.48 bits per heavy atom. The van der Waals surface area contributed by atoms with Crippen molar-refractivity contribution in [1.29, 1.82) is 0 Å². The van der Waals surface area contributed by atoms with E-state index in [1.165, 1.54) is 19.2 Å². The van der Waals surface area contributed by atoms with E-state index in [-0.39, 0.29) is 10.9 Å². The third kappa shape index (κ3) is 3.66. The molecule has 1 atom stereocenters. The van der Waals surface area contributed by atoms with E-state index in [0.29, 0.717) is 18.0 Å². The van der Waals surface area contributed by atoms with Gasteiger partial charge in [0, 0.05) is 18.7 Å². The summed E-state index contributed by atoms with van der Waals surface area (Å²) in [7, 11) is -2.08. The summed E-state index contributed by atoms with van der Waals surface area (Å²) >= 11 is 0. The van der Waals surface area contributed by atoms with Crippen molar-refractivity contribution in [3.8, 4) is 5.75 Å². The summed E-state index contributed by atoms with van der Waals surface area (Å²) in [6.07, 6.45) is 2.15. The molecule has 6 nitrogen and oxygen atoms in total. The second kappa shape index (κ2) is 6.64. The molecule has 1 aromatic rings. The average molecular weight is 313 g/mol. The summed E-state index contributed by atoms with van der Waals surface area (Å²) in [5, 5.41) is 0. The molecule has 0 aliphatic carbocycles. The quantitative estimate of drug-likeness (QED) is 0.767. The van der Waals surface area contributed by atoms with Crippen molar-refractivity contribution in [2.45, 2.75) is 30.7 Å². The molecular weight excluding hydrogens is 290 g/mol. The second-order valence-electron chi connectivity index (χ2n) is 5.18. The number of rotatable bonds is 6. The van der Waals surface area contributed by atoms with Gasteiger partial charge in [-0.15, -0.1) is 0 Å². The number of methoxy groups -OCH3 is 1. The molecule has 1 aromatic carbocycles. The van der Waals surface area contributed by atoms with E-state index in [2.05, 4.69) is 16.5 Å². The van der Waals surface area contributed by atoms with E-state index in [0.717, 1.165) is 25.9 Å². The number of likely N-dealkylation sites (tertiary alicyclic amines) is 1. The zero-order valence-corrected chi connectivity index (χ0v) is 13.3. The predicted molar refractivity (Wildman–Crippen MR) is 82.9 cm³/mol. The number of ether oxygens (including phenoxy) is 1. The highest BCUT2D eigenvalue weighted by molar-refractivity contribution is 7.89. The summed E-state index contributed by atoms with van der Waals surface area (Å²) in [6.45, 7) is 4.52. The lowest BCUT2D eigenvalue weighted by Crippen LogP contribution is -2.39. The van der Waals surface area contributed by atoms with Crippen LogP contribution in [0.25, 0.3) is 0 Å². The number of nitrogen functional groups attached to an aromatic ring is 1. The molecule has 7 heteroatoms. The van der Waals surface area contributed by atoms with Crippen molar-refractivity contribution in [2.75, 3.05) is 32.5 Å². The number of nitrogens with two attached hydrogens (primary N) is 1. The van der Waals surface area contributed by atoms with E-state index in [4.69, 9.17) is 10.5 Å². The number of hydrogen-bond acceptors (Lipinski definition) is 5. The lowest BCUT2D eigenvalue weighted by atomic mass is 10.2. The summed E-state index contributed by atoms with van der Waals surface area (Å²) in [5.74, 6) is 0.369. The fraction of sp³-hybridized carbons (Fsp3) is 0.571. The second-order valence-corrected chi connectivity index (χ2v) is 6.95. The third-order valence-electron chi connectivity index (χ3n) is 3.93. The number of sulfonamides is 1. The first-order chi connectivity index (χ1) is 9.97. The summed E-state index contributed by atoms with van der Waals surface area (Å²) in [6, 6.07) is 4.76. The van der Waals surface area contributed by atoms with Crippen molar-refractivity contribution < 1.29 is 13.2 Å². The molecule has 0 bridgehead atoms. The van der Waals surface area contributed by atoms with Gasteiger partial charge in [0.05, 0.1) is 17.7 Å². The Morgan fingerprint density at radius 2 is 2.24 bits per heavy atom. The molecule has 0 radical (unpaired) electrons. The summed E-state index contributed by atoms with van der Waals surface area (Å²) in [5.41, 5.74) is 6.13. The van der Waals surface area contributed by atoms with Gasteiger partial charge in [-0.05, 0) is 38.1 Å². The van der Waals surface area contributed by atoms with Crippen LogP contribution in [0, 0.1) is 0 Å². The third-order valence-corrected chi connectivity index (χ3v) is 5.35. The van der Waals surface area contributed by atoms with Crippen LogP contribution in [0.3, 0.4) is 0 Å². The van der Waals surface area contributed by atoms with Crippen molar-refractivity contribution in [2.24, 2.45) is 0 Å². The first-order valence-corrected chi connectivity index (χ1v) is 8.63. The highest BCUT2D eigenvalue weighted by Crippen LogP contribution is 2.25. The smallest absolute Gasteiger partial charge is 0.240 e. The van der Waals surface area contributed by atoms with Gasteiger partial charge < -0.3 is 10.5 Å². The molecule has 3 N–H and O–H groups in total. The minimum atomic E-state index is -3.54. The molecule has 2 rings (SSSR count). The maximum atomic E-state index is 12.3. The van der Waals surface area contributed by atoms with Crippen LogP contribution in [0.2, 0.25) is 0 Å². The number of nitrogens with one attached hydrogen (secondary N) is 1. The number of anilines is 1. The highest BCUT2D eigenvalue weighted by Gasteiger charge is 2.25. The number of hydrogen-bond donors (Lipinski definition) is 2.